The second kappa shape index (κ2) is 5.26. The molecule has 82 valence electrons. The molecule has 0 aliphatic heterocycles. The number of aromatic nitrogens is 1. The first-order chi connectivity index (χ1) is 7.40. The topological polar surface area (TPSA) is 38.9 Å². The molecule has 1 saturated carbocycles. The zero-order chi connectivity index (χ0) is 10.5. The Hall–Kier alpha value is -0.890. The fourth-order valence-electron chi connectivity index (χ4n) is 2.54. The molecule has 0 aromatic carbocycles. The zero-order valence-corrected chi connectivity index (χ0v) is 9.28. The van der Waals surface area contributed by atoms with Crippen molar-refractivity contribution in [3.05, 3.63) is 29.6 Å². The summed E-state index contributed by atoms with van der Waals surface area (Å²) < 4.78 is 0. The van der Waals surface area contributed by atoms with E-state index >= 15 is 0 Å². The average molecular weight is 204 g/mol. The van der Waals surface area contributed by atoms with E-state index in [0.29, 0.717) is 6.54 Å². The van der Waals surface area contributed by atoms with Crippen molar-refractivity contribution >= 4 is 0 Å². The molecule has 2 N–H and O–H groups in total. The normalized spacial score (nSPS) is 17.9. The summed E-state index contributed by atoms with van der Waals surface area (Å²) >= 11 is 0. The van der Waals surface area contributed by atoms with Crippen LogP contribution in [0.2, 0.25) is 0 Å². The largest absolute Gasteiger partial charge is 0.325 e. The number of nitrogens with two attached hydrogens (primary N) is 1. The maximum Gasteiger partial charge on any atom is 0.0571 e. The van der Waals surface area contributed by atoms with Crippen LogP contribution in [0, 0.1) is 5.92 Å². The van der Waals surface area contributed by atoms with E-state index in [-0.39, 0.29) is 0 Å². The summed E-state index contributed by atoms with van der Waals surface area (Å²) in [6, 6.07) is 4.21. The maximum atomic E-state index is 5.69. The Kier molecular flexibility index (Phi) is 3.73. The molecule has 1 heterocycles. The van der Waals surface area contributed by atoms with Crippen LogP contribution in [0.1, 0.15) is 43.4 Å². The molecular weight excluding hydrogens is 184 g/mol. The summed E-state index contributed by atoms with van der Waals surface area (Å²) in [6.45, 7) is 0.572. The predicted octanol–water partition coefficient (Wildman–Crippen LogP) is 2.66. The third kappa shape index (κ3) is 2.78. The lowest BCUT2D eigenvalue weighted by atomic mass is 9.84. The van der Waals surface area contributed by atoms with Crippen molar-refractivity contribution in [2.45, 2.75) is 45.1 Å². The fraction of sp³-hybridized carbons (Fsp3) is 0.615. The minimum Gasteiger partial charge on any atom is -0.325 e. The Morgan fingerprint density at radius 1 is 1.27 bits per heavy atom. The van der Waals surface area contributed by atoms with E-state index < -0.39 is 0 Å². The number of nitrogens with zero attached hydrogens (tertiary/aromatic N) is 1. The Bertz CT molecular complexity index is 303. The first-order valence-corrected chi connectivity index (χ1v) is 6.03. The first-order valence-electron chi connectivity index (χ1n) is 6.03. The molecule has 0 spiro atoms. The Morgan fingerprint density at radius 3 is 2.80 bits per heavy atom. The number of hydrogen-bond donors (Lipinski definition) is 1. The monoisotopic (exact) mass is 204 g/mol. The van der Waals surface area contributed by atoms with Gasteiger partial charge in [0.05, 0.1) is 5.69 Å². The van der Waals surface area contributed by atoms with Crippen LogP contribution in [0.4, 0.5) is 0 Å². The molecule has 2 rings (SSSR count). The van der Waals surface area contributed by atoms with Gasteiger partial charge < -0.3 is 5.73 Å². The van der Waals surface area contributed by atoms with Crippen molar-refractivity contribution in [1.82, 2.24) is 4.98 Å². The van der Waals surface area contributed by atoms with Crippen LogP contribution in [0.15, 0.2) is 18.3 Å². The third-order valence-corrected chi connectivity index (χ3v) is 3.41. The van der Waals surface area contributed by atoms with Crippen LogP contribution in [0.25, 0.3) is 0 Å². The second-order valence-corrected chi connectivity index (χ2v) is 4.52. The Morgan fingerprint density at radius 2 is 2.07 bits per heavy atom. The molecule has 1 aliphatic rings. The highest BCUT2D eigenvalue weighted by atomic mass is 14.7. The summed E-state index contributed by atoms with van der Waals surface area (Å²) in [5, 5.41) is 0. The highest BCUT2D eigenvalue weighted by molar-refractivity contribution is 5.20. The summed E-state index contributed by atoms with van der Waals surface area (Å²) in [4.78, 5) is 4.34. The molecule has 0 unspecified atom stereocenters. The fourth-order valence-corrected chi connectivity index (χ4v) is 2.54. The quantitative estimate of drug-likeness (QED) is 0.822. The van der Waals surface area contributed by atoms with E-state index in [1.54, 1.807) is 0 Å². The second-order valence-electron chi connectivity index (χ2n) is 4.52. The minimum atomic E-state index is 0.572. The molecule has 1 aromatic rings. The average Bonchev–Trinajstić information content (AvgIpc) is 2.31. The van der Waals surface area contributed by atoms with Crippen molar-refractivity contribution in [2.24, 2.45) is 11.7 Å². The molecule has 1 fully saturated rings. The maximum absolute atomic E-state index is 5.69. The molecule has 15 heavy (non-hydrogen) atoms. The molecule has 0 amide bonds. The van der Waals surface area contributed by atoms with Gasteiger partial charge >= 0.3 is 0 Å². The number of hydrogen-bond acceptors (Lipinski definition) is 2. The van der Waals surface area contributed by atoms with E-state index in [2.05, 4.69) is 11.1 Å². The molecule has 2 nitrogen and oxygen atoms in total. The van der Waals surface area contributed by atoms with Gasteiger partial charge in [-0.2, -0.15) is 0 Å². The van der Waals surface area contributed by atoms with Crippen LogP contribution in [0.3, 0.4) is 0 Å². The standard InChI is InChI=1S/C13H20N2/c14-10-13-12(7-4-8-15-13)9-11-5-2-1-3-6-11/h4,7-8,11H,1-3,5-6,9-10,14H2. The van der Waals surface area contributed by atoms with E-state index in [9.17, 15) is 0 Å². The summed E-state index contributed by atoms with van der Waals surface area (Å²) in [6.07, 6.45) is 10.0. The van der Waals surface area contributed by atoms with Gasteiger partial charge in [0.2, 0.25) is 0 Å². The predicted molar refractivity (Wildman–Crippen MR) is 62.4 cm³/mol. The van der Waals surface area contributed by atoms with E-state index in [1.165, 1.54) is 44.1 Å². The lowest BCUT2D eigenvalue weighted by molar-refractivity contribution is 0.355. The van der Waals surface area contributed by atoms with Gasteiger partial charge in [-0.1, -0.05) is 38.2 Å². The van der Waals surface area contributed by atoms with Crippen LogP contribution < -0.4 is 5.73 Å². The van der Waals surface area contributed by atoms with E-state index in [4.69, 9.17) is 5.73 Å². The van der Waals surface area contributed by atoms with Crippen molar-refractivity contribution in [3.8, 4) is 0 Å². The van der Waals surface area contributed by atoms with Gasteiger partial charge in [-0.15, -0.1) is 0 Å². The first kappa shape index (κ1) is 10.6. The van der Waals surface area contributed by atoms with Crippen LogP contribution >= 0.6 is 0 Å². The summed E-state index contributed by atoms with van der Waals surface area (Å²) in [5.41, 5.74) is 8.15. The lowest BCUT2D eigenvalue weighted by Gasteiger charge is -2.22. The van der Waals surface area contributed by atoms with Crippen LogP contribution in [-0.4, -0.2) is 4.98 Å². The van der Waals surface area contributed by atoms with Crippen LogP contribution in [-0.2, 0) is 13.0 Å². The molecule has 2 heteroatoms. The molecular formula is C13H20N2. The Labute approximate surface area is 91.9 Å². The minimum absolute atomic E-state index is 0.572. The highest BCUT2D eigenvalue weighted by Gasteiger charge is 2.15. The molecule has 0 radical (unpaired) electrons. The van der Waals surface area contributed by atoms with Gasteiger partial charge in [-0.05, 0) is 24.0 Å². The van der Waals surface area contributed by atoms with Gasteiger partial charge in [0.25, 0.3) is 0 Å². The highest BCUT2D eigenvalue weighted by Crippen LogP contribution is 2.27. The smallest absolute Gasteiger partial charge is 0.0571 e. The molecule has 1 aliphatic carbocycles. The molecule has 0 saturated heterocycles. The van der Waals surface area contributed by atoms with Crippen LogP contribution in [0.5, 0.6) is 0 Å². The van der Waals surface area contributed by atoms with E-state index in [1.807, 2.05) is 12.3 Å². The molecule has 0 atom stereocenters. The number of pyridine rings is 1. The molecule has 0 bridgehead atoms. The van der Waals surface area contributed by atoms with Gasteiger partial charge in [-0.3, -0.25) is 4.98 Å². The van der Waals surface area contributed by atoms with Crippen molar-refractivity contribution in [1.29, 1.82) is 0 Å². The summed E-state index contributed by atoms with van der Waals surface area (Å²) in [5.74, 6) is 0.869. The Balaban J connectivity index is 2.02. The van der Waals surface area contributed by atoms with Crippen molar-refractivity contribution < 1.29 is 0 Å². The van der Waals surface area contributed by atoms with Gasteiger partial charge in [0, 0.05) is 12.7 Å². The van der Waals surface area contributed by atoms with Crippen molar-refractivity contribution in [2.75, 3.05) is 0 Å². The third-order valence-electron chi connectivity index (χ3n) is 3.41. The molecule has 1 aromatic heterocycles. The van der Waals surface area contributed by atoms with Crippen molar-refractivity contribution in [3.63, 3.8) is 0 Å². The SMILES string of the molecule is NCc1ncccc1CC1CCCCC1. The van der Waals surface area contributed by atoms with Gasteiger partial charge in [0.15, 0.2) is 0 Å². The lowest BCUT2D eigenvalue weighted by Crippen LogP contribution is -2.12. The summed E-state index contributed by atoms with van der Waals surface area (Å²) in [7, 11) is 0. The van der Waals surface area contributed by atoms with Gasteiger partial charge in [0.1, 0.15) is 0 Å². The number of rotatable bonds is 3. The van der Waals surface area contributed by atoms with E-state index in [0.717, 1.165) is 11.6 Å². The van der Waals surface area contributed by atoms with Gasteiger partial charge in [-0.25, -0.2) is 0 Å². The zero-order valence-electron chi connectivity index (χ0n) is 9.28.